The number of nitrogens with zero attached hydrogens (tertiary/aromatic N) is 1. The van der Waals surface area contributed by atoms with Gasteiger partial charge in [0.05, 0.1) is 18.9 Å². The van der Waals surface area contributed by atoms with Crippen LogP contribution in [0.1, 0.15) is 44.6 Å². The van der Waals surface area contributed by atoms with Crippen LogP contribution in [0.15, 0.2) is 30.3 Å². The van der Waals surface area contributed by atoms with Crippen LogP contribution in [0.4, 0.5) is 4.79 Å². The fourth-order valence-corrected chi connectivity index (χ4v) is 3.97. The first-order valence-corrected chi connectivity index (χ1v) is 10.6. The number of hydrogen-bond acceptors (Lipinski definition) is 6. The Morgan fingerprint density at radius 2 is 1.87 bits per heavy atom. The lowest BCUT2D eigenvalue weighted by Gasteiger charge is -2.40. The summed E-state index contributed by atoms with van der Waals surface area (Å²) in [7, 11) is 0. The molecule has 0 spiro atoms. The van der Waals surface area contributed by atoms with Crippen LogP contribution < -0.4 is 5.32 Å². The molecule has 9 heteroatoms. The van der Waals surface area contributed by atoms with Crippen molar-refractivity contribution in [2.45, 2.75) is 51.7 Å². The second kappa shape index (κ2) is 11.6. The van der Waals surface area contributed by atoms with Gasteiger partial charge in [0.1, 0.15) is 13.2 Å². The van der Waals surface area contributed by atoms with Gasteiger partial charge >= 0.3 is 23.9 Å². The van der Waals surface area contributed by atoms with Gasteiger partial charge in [-0.2, -0.15) is 4.79 Å². The second-order valence-corrected chi connectivity index (χ2v) is 7.82. The summed E-state index contributed by atoms with van der Waals surface area (Å²) in [4.78, 5) is 50.1. The summed E-state index contributed by atoms with van der Waals surface area (Å²) >= 11 is 0. The number of nitrogens with one attached hydrogen (secondary N) is 1. The molecule has 2 rings (SSSR count). The van der Waals surface area contributed by atoms with Gasteiger partial charge in [-0.05, 0) is 12.0 Å². The summed E-state index contributed by atoms with van der Waals surface area (Å²) in [6, 6.07) is 7.66. The number of benzene rings is 1. The van der Waals surface area contributed by atoms with Crippen molar-refractivity contribution in [2.75, 3.05) is 19.6 Å². The maximum atomic E-state index is 13.5. The summed E-state index contributed by atoms with van der Waals surface area (Å²) in [5.74, 6) is -3.69. The summed E-state index contributed by atoms with van der Waals surface area (Å²) in [6.45, 7) is 1.96. The maximum Gasteiger partial charge on any atom is 0.521 e. The number of rotatable bonds is 10. The normalized spacial score (nSPS) is 21.8. The summed E-state index contributed by atoms with van der Waals surface area (Å²) < 4.78 is 4.22. The number of carbonyl (C=O) groups excluding carboxylic acids is 2. The van der Waals surface area contributed by atoms with Crippen LogP contribution in [0, 0.1) is 5.92 Å². The fourth-order valence-electron chi connectivity index (χ4n) is 3.97. The Hall–Kier alpha value is -2.78. The van der Waals surface area contributed by atoms with Crippen molar-refractivity contribution in [3.8, 4) is 0 Å². The van der Waals surface area contributed by atoms with Gasteiger partial charge in [0, 0.05) is 6.54 Å². The van der Waals surface area contributed by atoms with Crippen molar-refractivity contribution < 1.29 is 38.6 Å². The fraction of sp³-hybridized carbons (Fsp3) is 0.545. The van der Waals surface area contributed by atoms with E-state index in [0.29, 0.717) is 6.42 Å². The highest BCUT2D eigenvalue weighted by Gasteiger charge is 2.58. The van der Waals surface area contributed by atoms with Gasteiger partial charge in [0.25, 0.3) is 0 Å². The van der Waals surface area contributed by atoms with Crippen LogP contribution in [0.5, 0.6) is 0 Å². The number of carbonyl (C=O) groups is 4. The highest BCUT2D eigenvalue weighted by Crippen LogP contribution is 2.28. The van der Waals surface area contributed by atoms with E-state index in [9.17, 15) is 29.4 Å². The zero-order valence-corrected chi connectivity index (χ0v) is 17.8. The zero-order chi connectivity index (χ0) is 22.9. The lowest BCUT2D eigenvalue weighted by molar-refractivity contribution is -0.804. The molecule has 1 unspecified atom stereocenters. The van der Waals surface area contributed by atoms with E-state index in [1.165, 1.54) is 0 Å². The minimum absolute atomic E-state index is 0.0413. The zero-order valence-electron chi connectivity index (χ0n) is 17.8. The summed E-state index contributed by atoms with van der Waals surface area (Å²) in [5.41, 5.74) is 0.739. The van der Waals surface area contributed by atoms with E-state index in [1.807, 2.05) is 13.0 Å². The molecule has 1 aliphatic rings. The highest BCUT2D eigenvalue weighted by molar-refractivity contribution is 5.89. The van der Waals surface area contributed by atoms with E-state index >= 15 is 0 Å². The van der Waals surface area contributed by atoms with Crippen molar-refractivity contribution in [2.24, 2.45) is 5.92 Å². The lowest BCUT2D eigenvalue weighted by Crippen LogP contribution is -2.73. The maximum absolute atomic E-state index is 13.5. The molecule has 1 heterocycles. The van der Waals surface area contributed by atoms with E-state index in [0.717, 1.165) is 18.4 Å². The Morgan fingerprint density at radius 3 is 2.48 bits per heavy atom. The Bertz CT molecular complexity index is 783. The first-order valence-electron chi connectivity index (χ1n) is 10.6. The third kappa shape index (κ3) is 6.11. The minimum atomic E-state index is -1.46. The van der Waals surface area contributed by atoms with E-state index in [2.05, 4.69) is 5.32 Å². The molecule has 1 saturated heterocycles. The van der Waals surface area contributed by atoms with Crippen molar-refractivity contribution in [3.63, 3.8) is 0 Å². The molecule has 1 aromatic rings. The standard InChI is InChI=1S/C22H30N2O7/c1-2-3-5-10-17(13-19(25)26)20(27)24(22(29)30)12-11-23-14-18(24)21(28)31-15-16-8-6-4-7-9-16/h4,6-9,17-18,23H,2-3,5,10-15H2,1H3,(H-,25,26,29,30)/p+1/t17-,18?,24+/m1/s1. The number of amides is 2. The third-order valence-corrected chi connectivity index (χ3v) is 5.67. The van der Waals surface area contributed by atoms with Crippen molar-refractivity contribution in [1.29, 1.82) is 0 Å². The predicted octanol–water partition coefficient (Wildman–Crippen LogP) is 2.39. The number of carboxylic acid groups (broad SMARTS) is 2. The molecule has 2 amide bonds. The van der Waals surface area contributed by atoms with Crippen LogP contribution in [-0.2, 0) is 25.7 Å². The number of piperazine rings is 1. The lowest BCUT2D eigenvalue weighted by atomic mass is 9.93. The molecule has 0 bridgehead atoms. The topological polar surface area (TPSA) is 130 Å². The molecular formula is C22H31N2O7+. The van der Waals surface area contributed by atoms with Crippen LogP contribution in [0.2, 0.25) is 0 Å². The van der Waals surface area contributed by atoms with E-state index in [1.54, 1.807) is 24.3 Å². The van der Waals surface area contributed by atoms with Crippen LogP contribution in [0.25, 0.3) is 0 Å². The van der Waals surface area contributed by atoms with Crippen molar-refractivity contribution >= 4 is 23.9 Å². The van der Waals surface area contributed by atoms with Crippen molar-refractivity contribution in [1.82, 2.24) is 5.32 Å². The number of ether oxygens (including phenoxy) is 1. The van der Waals surface area contributed by atoms with E-state index in [4.69, 9.17) is 4.74 Å². The Morgan fingerprint density at radius 1 is 1.16 bits per heavy atom. The molecule has 9 nitrogen and oxygen atoms in total. The Kier molecular flexibility index (Phi) is 9.14. The molecule has 0 saturated carbocycles. The largest absolute Gasteiger partial charge is 0.521 e. The molecule has 1 aliphatic heterocycles. The molecule has 1 aromatic carbocycles. The quantitative estimate of drug-likeness (QED) is 0.290. The molecule has 0 aliphatic carbocycles. The average molecular weight is 435 g/mol. The molecule has 0 radical (unpaired) electrons. The van der Waals surface area contributed by atoms with Gasteiger partial charge in [0.2, 0.25) is 6.04 Å². The Labute approximate surface area is 181 Å². The van der Waals surface area contributed by atoms with Crippen LogP contribution in [0.3, 0.4) is 0 Å². The van der Waals surface area contributed by atoms with Crippen LogP contribution >= 0.6 is 0 Å². The van der Waals surface area contributed by atoms with E-state index in [-0.39, 0.29) is 32.7 Å². The average Bonchev–Trinajstić information content (AvgIpc) is 2.76. The molecular weight excluding hydrogens is 404 g/mol. The predicted molar refractivity (Wildman–Crippen MR) is 111 cm³/mol. The molecule has 170 valence electrons. The van der Waals surface area contributed by atoms with Gasteiger partial charge in [-0.25, -0.2) is 9.59 Å². The number of aliphatic carboxylic acids is 1. The molecule has 1 fully saturated rings. The molecule has 3 atom stereocenters. The number of esters is 1. The van der Waals surface area contributed by atoms with Gasteiger partial charge in [-0.1, -0.05) is 56.5 Å². The molecule has 31 heavy (non-hydrogen) atoms. The third-order valence-electron chi connectivity index (χ3n) is 5.67. The number of quaternary nitrogens is 1. The first-order chi connectivity index (χ1) is 14.8. The summed E-state index contributed by atoms with van der Waals surface area (Å²) in [6.07, 6.45) is 0.645. The van der Waals surface area contributed by atoms with E-state index < -0.39 is 46.8 Å². The monoisotopic (exact) mass is 435 g/mol. The Balaban J connectivity index is 2.28. The van der Waals surface area contributed by atoms with Gasteiger partial charge in [-0.3, -0.25) is 4.79 Å². The van der Waals surface area contributed by atoms with Crippen LogP contribution in [-0.4, -0.2) is 64.3 Å². The van der Waals surface area contributed by atoms with Gasteiger partial charge < -0.3 is 20.3 Å². The van der Waals surface area contributed by atoms with Gasteiger partial charge in [0.15, 0.2) is 0 Å². The minimum Gasteiger partial charge on any atom is -0.481 e. The number of unbranched alkanes of at least 4 members (excludes halogenated alkanes) is 2. The smallest absolute Gasteiger partial charge is 0.481 e. The number of hydrogen-bond donors (Lipinski definition) is 3. The number of imide groups is 1. The van der Waals surface area contributed by atoms with Gasteiger partial charge in [-0.15, -0.1) is 4.48 Å². The first kappa shape index (κ1) is 24.5. The van der Waals surface area contributed by atoms with Crippen molar-refractivity contribution in [3.05, 3.63) is 35.9 Å². The highest BCUT2D eigenvalue weighted by atomic mass is 16.5. The second-order valence-electron chi connectivity index (χ2n) is 7.82. The number of carboxylic acids is 1. The SMILES string of the molecule is CCCCC[C@H](CC(=O)O)C(=O)[N@+]1(C(=O)O)CCNCC1C(=O)OCc1ccccc1. The summed E-state index contributed by atoms with van der Waals surface area (Å²) in [5, 5.41) is 22.3. The molecule has 0 aromatic heterocycles. The molecule has 3 N–H and O–H groups in total.